The fourth-order valence-corrected chi connectivity index (χ4v) is 3.57. The van der Waals surface area contributed by atoms with Gasteiger partial charge in [0.25, 0.3) is 0 Å². The monoisotopic (exact) mass is 318 g/mol. The molecular weight excluding hydrogens is 300 g/mol. The lowest BCUT2D eigenvalue weighted by atomic mass is 9.74. The number of nitrogens with zero attached hydrogens (tertiary/aromatic N) is 2. The second-order valence-electron chi connectivity index (χ2n) is 6.47. The molecule has 2 aromatic rings. The molecule has 0 amide bonds. The third kappa shape index (κ3) is 2.34. The summed E-state index contributed by atoms with van der Waals surface area (Å²) in [7, 11) is 0. The molecule has 2 heterocycles. The highest BCUT2D eigenvalue weighted by atomic mass is 35.5. The largest absolute Gasteiger partial charge is 0.424 e. The van der Waals surface area contributed by atoms with Crippen LogP contribution in [-0.4, -0.2) is 23.4 Å². The second-order valence-corrected chi connectivity index (χ2v) is 6.91. The van der Waals surface area contributed by atoms with Gasteiger partial charge in [0.2, 0.25) is 11.8 Å². The summed E-state index contributed by atoms with van der Waals surface area (Å²) >= 11 is 6.20. The lowest BCUT2D eigenvalue weighted by molar-refractivity contribution is 0.0540. The number of halogens is 1. The van der Waals surface area contributed by atoms with Crippen molar-refractivity contribution < 1.29 is 9.15 Å². The molecule has 2 fully saturated rings. The standard InChI is InChI=1S/C17H19ClN2O2/c1-11-9-14(11)15-19-20-16(22-15)17(5-7-21-8-6-17)12-3-2-4-13(18)10-12/h2-4,10-11,14H,5-9H2,1H3/t11-,14-/m1/s1. The highest BCUT2D eigenvalue weighted by Gasteiger charge is 2.44. The van der Waals surface area contributed by atoms with Gasteiger partial charge in [0, 0.05) is 24.2 Å². The van der Waals surface area contributed by atoms with E-state index in [2.05, 4.69) is 23.2 Å². The number of benzene rings is 1. The lowest BCUT2D eigenvalue weighted by Gasteiger charge is -2.34. The Hall–Kier alpha value is -1.39. The van der Waals surface area contributed by atoms with Crippen molar-refractivity contribution in [2.24, 2.45) is 5.92 Å². The average molecular weight is 319 g/mol. The minimum absolute atomic E-state index is 0.271. The van der Waals surface area contributed by atoms with Crippen LogP contribution in [0, 0.1) is 5.92 Å². The topological polar surface area (TPSA) is 48.2 Å². The zero-order valence-corrected chi connectivity index (χ0v) is 13.3. The molecule has 0 unspecified atom stereocenters. The van der Waals surface area contributed by atoms with Crippen LogP contribution in [0.2, 0.25) is 5.02 Å². The first kappa shape index (κ1) is 14.2. The summed E-state index contributed by atoms with van der Waals surface area (Å²) in [5.41, 5.74) is 0.870. The van der Waals surface area contributed by atoms with Gasteiger partial charge in [-0.05, 0) is 42.9 Å². The molecule has 0 N–H and O–H groups in total. The normalized spacial score (nSPS) is 26.8. The van der Waals surface area contributed by atoms with Gasteiger partial charge in [0.15, 0.2) is 0 Å². The Kier molecular flexibility index (Phi) is 3.46. The van der Waals surface area contributed by atoms with Crippen LogP contribution in [0.4, 0.5) is 0 Å². The average Bonchev–Trinajstić information content (AvgIpc) is 3.08. The summed E-state index contributed by atoms with van der Waals surface area (Å²) in [4.78, 5) is 0. The van der Waals surface area contributed by atoms with Gasteiger partial charge in [-0.1, -0.05) is 30.7 Å². The predicted molar refractivity (Wildman–Crippen MR) is 83.1 cm³/mol. The van der Waals surface area contributed by atoms with E-state index in [9.17, 15) is 0 Å². The van der Waals surface area contributed by atoms with Crippen LogP contribution >= 0.6 is 11.6 Å². The van der Waals surface area contributed by atoms with Gasteiger partial charge in [-0.25, -0.2) is 0 Å². The van der Waals surface area contributed by atoms with Crippen LogP contribution in [0.1, 0.15) is 49.4 Å². The van der Waals surface area contributed by atoms with Crippen molar-refractivity contribution in [2.75, 3.05) is 13.2 Å². The molecular formula is C17H19ClN2O2. The molecule has 0 spiro atoms. The maximum Gasteiger partial charge on any atom is 0.227 e. The molecule has 0 radical (unpaired) electrons. The molecule has 1 saturated heterocycles. The fourth-order valence-electron chi connectivity index (χ4n) is 3.38. The van der Waals surface area contributed by atoms with Gasteiger partial charge in [-0.2, -0.15) is 0 Å². The molecule has 116 valence electrons. The first-order valence-electron chi connectivity index (χ1n) is 7.87. The number of hydrogen-bond donors (Lipinski definition) is 0. The van der Waals surface area contributed by atoms with Crippen molar-refractivity contribution >= 4 is 11.6 Å². The number of rotatable bonds is 3. The summed E-state index contributed by atoms with van der Waals surface area (Å²) in [5.74, 6) is 2.60. The number of ether oxygens (including phenoxy) is 1. The maximum absolute atomic E-state index is 6.20. The first-order chi connectivity index (χ1) is 10.7. The molecule has 4 rings (SSSR count). The molecule has 0 bridgehead atoms. The molecule has 4 nitrogen and oxygen atoms in total. The Morgan fingerprint density at radius 2 is 2.00 bits per heavy atom. The fraction of sp³-hybridized carbons (Fsp3) is 0.529. The maximum atomic E-state index is 6.20. The SMILES string of the molecule is C[C@@H]1C[C@H]1c1nnc(C2(c3cccc(Cl)c3)CCOCC2)o1. The molecule has 2 atom stereocenters. The molecule has 1 aliphatic heterocycles. The van der Waals surface area contributed by atoms with Crippen molar-refractivity contribution in [3.8, 4) is 0 Å². The summed E-state index contributed by atoms with van der Waals surface area (Å²) in [6.07, 6.45) is 2.83. The zero-order valence-electron chi connectivity index (χ0n) is 12.6. The van der Waals surface area contributed by atoms with Gasteiger partial charge in [0.05, 0.1) is 5.41 Å². The van der Waals surface area contributed by atoms with E-state index in [4.69, 9.17) is 20.8 Å². The smallest absolute Gasteiger partial charge is 0.227 e. The van der Waals surface area contributed by atoms with E-state index in [1.54, 1.807) is 0 Å². The predicted octanol–water partition coefficient (Wildman–Crippen LogP) is 3.94. The second kappa shape index (κ2) is 5.36. The minimum Gasteiger partial charge on any atom is -0.424 e. The number of hydrogen-bond acceptors (Lipinski definition) is 4. The minimum atomic E-state index is -0.271. The van der Waals surface area contributed by atoms with E-state index < -0.39 is 0 Å². The van der Waals surface area contributed by atoms with Crippen LogP contribution in [0.25, 0.3) is 0 Å². The Balaban J connectivity index is 1.75. The third-order valence-corrected chi connectivity index (χ3v) is 5.24. The van der Waals surface area contributed by atoms with E-state index in [0.29, 0.717) is 30.9 Å². The third-order valence-electron chi connectivity index (χ3n) is 5.00. The van der Waals surface area contributed by atoms with Gasteiger partial charge in [-0.15, -0.1) is 10.2 Å². The molecule has 1 aromatic carbocycles. The Bertz CT molecular complexity index is 679. The highest BCUT2D eigenvalue weighted by Crippen LogP contribution is 2.48. The van der Waals surface area contributed by atoms with E-state index in [0.717, 1.165) is 35.7 Å². The van der Waals surface area contributed by atoms with Crippen molar-refractivity contribution in [1.29, 1.82) is 0 Å². The number of aromatic nitrogens is 2. The molecule has 1 aromatic heterocycles. The van der Waals surface area contributed by atoms with E-state index in [1.807, 2.05) is 18.2 Å². The van der Waals surface area contributed by atoms with Crippen LogP contribution in [-0.2, 0) is 10.2 Å². The van der Waals surface area contributed by atoms with E-state index in [1.165, 1.54) is 0 Å². The van der Waals surface area contributed by atoms with Crippen LogP contribution in [0.3, 0.4) is 0 Å². The Labute approximate surface area is 134 Å². The van der Waals surface area contributed by atoms with Crippen molar-refractivity contribution in [3.05, 3.63) is 46.6 Å². The van der Waals surface area contributed by atoms with Crippen LogP contribution in [0.5, 0.6) is 0 Å². The van der Waals surface area contributed by atoms with Gasteiger partial charge in [0.1, 0.15) is 0 Å². The quantitative estimate of drug-likeness (QED) is 0.860. The molecule has 1 saturated carbocycles. The highest BCUT2D eigenvalue weighted by molar-refractivity contribution is 6.30. The van der Waals surface area contributed by atoms with Crippen molar-refractivity contribution in [3.63, 3.8) is 0 Å². The molecule has 5 heteroatoms. The van der Waals surface area contributed by atoms with Gasteiger partial charge in [-0.3, -0.25) is 0 Å². The summed E-state index contributed by atoms with van der Waals surface area (Å²) in [6.45, 7) is 3.61. The van der Waals surface area contributed by atoms with E-state index >= 15 is 0 Å². The molecule has 22 heavy (non-hydrogen) atoms. The molecule has 1 aliphatic carbocycles. The van der Waals surface area contributed by atoms with Crippen molar-refractivity contribution in [1.82, 2.24) is 10.2 Å². The van der Waals surface area contributed by atoms with Gasteiger partial charge < -0.3 is 9.15 Å². The first-order valence-corrected chi connectivity index (χ1v) is 8.24. The Morgan fingerprint density at radius 3 is 2.68 bits per heavy atom. The summed E-state index contributed by atoms with van der Waals surface area (Å²) in [6, 6.07) is 7.98. The Morgan fingerprint density at radius 1 is 1.23 bits per heavy atom. The van der Waals surface area contributed by atoms with Gasteiger partial charge >= 0.3 is 0 Å². The van der Waals surface area contributed by atoms with Crippen LogP contribution < -0.4 is 0 Å². The van der Waals surface area contributed by atoms with Crippen molar-refractivity contribution in [2.45, 2.75) is 37.5 Å². The zero-order chi connectivity index (χ0) is 15.2. The molecule has 2 aliphatic rings. The van der Waals surface area contributed by atoms with E-state index in [-0.39, 0.29) is 5.41 Å². The summed E-state index contributed by atoms with van der Waals surface area (Å²) < 4.78 is 11.7. The lowest BCUT2D eigenvalue weighted by Crippen LogP contribution is -2.35. The van der Waals surface area contributed by atoms with Crippen LogP contribution in [0.15, 0.2) is 28.7 Å². The summed E-state index contributed by atoms with van der Waals surface area (Å²) in [5, 5.41) is 9.44.